The Kier molecular flexibility index (Phi) is 4.79. The number of methoxy groups -OCH3 is 1. The molecule has 8 heteroatoms. The topological polar surface area (TPSA) is 89.4 Å². The second-order valence-electron chi connectivity index (χ2n) is 6.34. The van der Waals surface area contributed by atoms with Gasteiger partial charge in [0, 0.05) is 20.2 Å². The number of hydrogen-bond acceptors (Lipinski definition) is 7. The van der Waals surface area contributed by atoms with Gasteiger partial charge in [0.15, 0.2) is 5.82 Å². The summed E-state index contributed by atoms with van der Waals surface area (Å²) in [5, 5.41) is 19.0. The molecule has 0 unspecified atom stereocenters. The molecule has 136 valence electrons. The highest BCUT2D eigenvalue weighted by molar-refractivity contribution is 5.26. The van der Waals surface area contributed by atoms with Crippen LogP contribution in [0.4, 0.5) is 0 Å². The van der Waals surface area contributed by atoms with Gasteiger partial charge < -0.3 is 14.4 Å². The van der Waals surface area contributed by atoms with E-state index in [0.717, 1.165) is 30.9 Å². The quantitative estimate of drug-likeness (QED) is 0.717. The van der Waals surface area contributed by atoms with Crippen LogP contribution >= 0.6 is 0 Å². The van der Waals surface area contributed by atoms with Gasteiger partial charge in [-0.3, -0.25) is 9.58 Å². The normalized spacial score (nSPS) is 15.8. The fraction of sp³-hybridized carbons (Fsp3) is 0.389. The van der Waals surface area contributed by atoms with E-state index in [1.807, 2.05) is 41.1 Å². The summed E-state index contributed by atoms with van der Waals surface area (Å²) in [4.78, 5) is 6.54. The molecule has 3 heterocycles. The number of aromatic nitrogens is 4. The van der Waals surface area contributed by atoms with Gasteiger partial charge in [0.25, 0.3) is 0 Å². The van der Waals surface area contributed by atoms with Crippen LogP contribution in [0.2, 0.25) is 0 Å². The Hall–Kier alpha value is -2.55. The van der Waals surface area contributed by atoms with Crippen molar-refractivity contribution < 1.29 is 14.4 Å². The molecule has 4 rings (SSSR count). The number of hydrogen-bond donors (Lipinski definition) is 1. The lowest BCUT2D eigenvalue weighted by atomic mass is 10.1. The van der Waals surface area contributed by atoms with Gasteiger partial charge in [-0.05, 0) is 11.6 Å². The SMILES string of the molecule is COCc1noc(CN2CCn3nc([C@@H](O)c4ccccc4)cc3C2)n1. The van der Waals surface area contributed by atoms with Crippen molar-refractivity contribution in [3.63, 3.8) is 0 Å². The lowest BCUT2D eigenvalue weighted by Crippen LogP contribution is -2.33. The second kappa shape index (κ2) is 7.36. The zero-order valence-electron chi connectivity index (χ0n) is 14.6. The molecule has 8 nitrogen and oxygen atoms in total. The van der Waals surface area contributed by atoms with E-state index < -0.39 is 6.10 Å². The number of aliphatic hydroxyl groups excluding tert-OH is 1. The van der Waals surface area contributed by atoms with Gasteiger partial charge in [-0.2, -0.15) is 10.1 Å². The lowest BCUT2D eigenvalue weighted by Gasteiger charge is -2.25. The monoisotopic (exact) mass is 355 g/mol. The first-order valence-electron chi connectivity index (χ1n) is 8.55. The summed E-state index contributed by atoms with van der Waals surface area (Å²) >= 11 is 0. The molecule has 3 aromatic rings. The molecule has 26 heavy (non-hydrogen) atoms. The van der Waals surface area contributed by atoms with Crippen molar-refractivity contribution in [1.29, 1.82) is 0 Å². The van der Waals surface area contributed by atoms with Crippen molar-refractivity contribution in [2.75, 3.05) is 13.7 Å². The van der Waals surface area contributed by atoms with Gasteiger partial charge in [-0.15, -0.1) is 0 Å². The number of ether oxygens (including phenoxy) is 1. The molecule has 0 saturated carbocycles. The number of benzene rings is 1. The second-order valence-corrected chi connectivity index (χ2v) is 6.34. The summed E-state index contributed by atoms with van der Waals surface area (Å²) in [6.07, 6.45) is -0.713. The molecule has 1 aliphatic heterocycles. The van der Waals surface area contributed by atoms with E-state index in [1.165, 1.54) is 0 Å². The van der Waals surface area contributed by atoms with Crippen LogP contribution in [0.1, 0.15) is 34.8 Å². The fourth-order valence-corrected chi connectivity index (χ4v) is 3.15. The summed E-state index contributed by atoms with van der Waals surface area (Å²) in [6, 6.07) is 11.5. The predicted molar refractivity (Wildman–Crippen MR) is 91.9 cm³/mol. The third kappa shape index (κ3) is 3.52. The fourth-order valence-electron chi connectivity index (χ4n) is 3.15. The van der Waals surface area contributed by atoms with Crippen LogP contribution in [-0.2, 0) is 31.0 Å². The zero-order chi connectivity index (χ0) is 17.9. The van der Waals surface area contributed by atoms with Crippen molar-refractivity contribution in [1.82, 2.24) is 24.8 Å². The molecule has 0 aliphatic carbocycles. The minimum atomic E-state index is -0.713. The summed E-state index contributed by atoms with van der Waals surface area (Å²) in [5.41, 5.74) is 2.59. The van der Waals surface area contributed by atoms with Crippen molar-refractivity contribution >= 4 is 0 Å². The molecular weight excluding hydrogens is 334 g/mol. The van der Waals surface area contributed by atoms with Gasteiger partial charge in [-0.25, -0.2) is 0 Å². The van der Waals surface area contributed by atoms with Gasteiger partial charge >= 0.3 is 0 Å². The van der Waals surface area contributed by atoms with Gasteiger partial charge in [0.2, 0.25) is 5.89 Å². The first-order chi connectivity index (χ1) is 12.7. The van der Waals surface area contributed by atoms with E-state index >= 15 is 0 Å². The van der Waals surface area contributed by atoms with Crippen molar-refractivity contribution in [3.05, 3.63) is 65.1 Å². The van der Waals surface area contributed by atoms with Crippen LogP contribution in [-0.4, -0.2) is 43.6 Å². The Morgan fingerprint density at radius 2 is 2.12 bits per heavy atom. The van der Waals surface area contributed by atoms with Crippen LogP contribution in [0.5, 0.6) is 0 Å². The molecule has 0 radical (unpaired) electrons. The van der Waals surface area contributed by atoms with Gasteiger partial charge in [0.05, 0.1) is 24.5 Å². The Morgan fingerprint density at radius 1 is 1.27 bits per heavy atom. The number of rotatable bonds is 6. The van der Waals surface area contributed by atoms with E-state index in [1.54, 1.807) is 7.11 Å². The first-order valence-corrected chi connectivity index (χ1v) is 8.55. The van der Waals surface area contributed by atoms with E-state index in [-0.39, 0.29) is 0 Å². The van der Waals surface area contributed by atoms with Crippen LogP contribution in [0.25, 0.3) is 0 Å². The number of fused-ring (bicyclic) bond motifs is 1. The van der Waals surface area contributed by atoms with Gasteiger partial charge in [-0.1, -0.05) is 35.5 Å². The minimum absolute atomic E-state index is 0.344. The highest BCUT2D eigenvalue weighted by Crippen LogP contribution is 2.24. The van der Waals surface area contributed by atoms with Crippen molar-refractivity contribution in [2.24, 2.45) is 0 Å². The van der Waals surface area contributed by atoms with Crippen LogP contribution in [0, 0.1) is 0 Å². The van der Waals surface area contributed by atoms with E-state index in [9.17, 15) is 5.11 Å². The van der Waals surface area contributed by atoms with Gasteiger partial charge in [0.1, 0.15) is 12.7 Å². The molecule has 0 saturated heterocycles. The smallest absolute Gasteiger partial charge is 0.240 e. The molecule has 1 atom stereocenters. The molecule has 2 aromatic heterocycles. The van der Waals surface area contributed by atoms with Crippen molar-refractivity contribution in [3.8, 4) is 0 Å². The molecule has 0 fully saturated rings. The summed E-state index contributed by atoms with van der Waals surface area (Å²) in [7, 11) is 1.60. The highest BCUT2D eigenvalue weighted by Gasteiger charge is 2.23. The maximum absolute atomic E-state index is 10.6. The molecule has 0 amide bonds. The summed E-state index contributed by atoms with van der Waals surface area (Å²) in [6.45, 7) is 3.24. The standard InChI is InChI=1S/C18H21N5O3/c1-25-12-16-19-17(26-21-16)11-22-7-8-23-14(10-22)9-15(20-23)18(24)13-5-3-2-4-6-13/h2-6,9,18,24H,7-8,10-12H2,1H3/t18-/m0/s1. The average Bonchev–Trinajstić information content (AvgIpc) is 3.28. The highest BCUT2D eigenvalue weighted by atomic mass is 16.5. The van der Waals surface area contributed by atoms with Crippen LogP contribution in [0.3, 0.4) is 0 Å². The average molecular weight is 355 g/mol. The molecule has 1 aliphatic rings. The van der Waals surface area contributed by atoms with E-state index in [0.29, 0.717) is 30.6 Å². The molecule has 1 aromatic carbocycles. The largest absolute Gasteiger partial charge is 0.382 e. The van der Waals surface area contributed by atoms with Crippen LogP contribution in [0.15, 0.2) is 40.9 Å². The van der Waals surface area contributed by atoms with Crippen molar-refractivity contribution in [2.45, 2.75) is 32.3 Å². The summed E-state index contributed by atoms with van der Waals surface area (Å²) in [5.74, 6) is 1.13. The minimum Gasteiger partial charge on any atom is -0.382 e. The Balaban J connectivity index is 1.44. The van der Waals surface area contributed by atoms with Crippen LogP contribution < -0.4 is 0 Å². The third-order valence-electron chi connectivity index (χ3n) is 4.43. The zero-order valence-corrected chi connectivity index (χ0v) is 14.6. The van der Waals surface area contributed by atoms with E-state index in [4.69, 9.17) is 9.26 Å². The molecule has 0 spiro atoms. The van der Waals surface area contributed by atoms with E-state index in [2.05, 4.69) is 20.1 Å². The third-order valence-corrected chi connectivity index (χ3v) is 4.43. The summed E-state index contributed by atoms with van der Waals surface area (Å²) < 4.78 is 12.2. The maximum atomic E-state index is 10.6. The Bertz CT molecular complexity index is 861. The predicted octanol–water partition coefficient (Wildman–Crippen LogP) is 1.51. The Labute approximate surface area is 151 Å². The first kappa shape index (κ1) is 16.9. The number of nitrogens with zero attached hydrogens (tertiary/aromatic N) is 5. The molecular formula is C18H21N5O3. The Morgan fingerprint density at radius 3 is 2.92 bits per heavy atom. The maximum Gasteiger partial charge on any atom is 0.240 e. The number of aliphatic hydroxyl groups is 1. The molecule has 1 N–H and O–H groups in total. The molecule has 0 bridgehead atoms. The lowest BCUT2D eigenvalue weighted by molar-refractivity contribution is 0.172.